The molecule has 7 nitrogen and oxygen atoms in total. The lowest BCUT2D eigenvalue weighted by atomic mass is 10.0. The zero-order valence-corrected chi connectivity index (χ0v) is 29.3. The lowest BCUT2D eigenvalue weighted by Gasteiger charge is -2.35. The van der Waals surface area contributed by atoms with Crippen molar-refractivity contribution in [1.29, 1.82) is 0 Å². The quantitative estimate of drug-likeness (QED) is 0.0447. The third-order valence-corrected chi connectivity index (χ3v) is 9.54. The van der Waals surface area contributed by atoms with Crippen LogP contribution in [-0.2, 0) is 29.7 Å². The fraction of sp³-hybridized carbons (Fsp3) is 0.778. The maximum Gasteiger partial charge on any atom is 0.527 e. The molecule has 1 aromatic carbocycles. The first-order chi connectivity index (χ1) is 21.3. The largest absolute Gasteiger partial charge is 0.527 e. The molecular formula is C36H65NO6P+. The van der Waals surface area contributed by atoms with Crippen molar-refractivity contribution in [2.45, 2.75) is 142 Å². The van der Waals surface area contributed by atoms with E-state index in [9.17, 15) is 9.46 Å². The number of unbranched alkanes of at least 4 members (excludes halogenated alkanes) is 15. The van der Waals surface area contributed by atoms with Gasteiger partial charge in [0.25, 0.3) is 0 Å². The lowest BCUT2D eigenvalue weighted by Crippen LogP contribution is -2.41. The van der Waals surface area contributed by atoms with Crippen LogP contribution in [0, 0.1) is 0 Å². The van der Waals surface area contributed by atoms with E-state index in [0.717, 1.165) is 49.9 Å². The summed E-state index contributed by atoms with van der Waals surface area (Å²) >= 11 is 0. The summed E-state index contributed by atoms with van der Waals surface area (Å²) < 4.78 is 35.9. The number of hydrogen-bond acceptors (Lipinski definition) is 5. The normalized spacial score (nSPS) is 17.9. The summed E-state index contributed by atoms with van der Waals surface area (Å²) in [5.74, 6) is 0. The van der Waals surface area contributed by atoms with Gasteiger partial charge >= 0.3 is 7.82 Å². The summed E-state index contributed by atoms with van der Waals surface area (Å²) in [6.07, 6.45) is 25.4. The maximum atomic E-state index is 12.7. The molecule has 1 N–H and O–H groups in total. The fourth-order valence-electron chi connectivity index (χ4n) is 5.70. The number of quaternary nitrogens is 1. The number of ether oxygens (including phenoxy) is 2. The summed E-state index contributed by atoms with van der Waals surface area (Å²) in [4.78, 5) is 10.3. The van der Waals surface area contributed by atoms with Crippen LogP contribution in [0.25, 0.3) is 0 Å². The summed E-state index contributed by atoms with van der Waals surface area (Å²) in [5.41, 5.74) is 2.02. The van der Waals surface area contributed by atoms with Crippen LogP contribution in [0.15, 0.2) is 42.3 Å². The van der Waals surface area contributed by atoms with Gasteiger partial charge in [-0.25, -0.2) is 4.57 Å². The zero-order chi connectivity index (χ0) is 31.8. The van der Waals surface area contributed by atoms with E-state index in [0.29, 0.717) is 24.3 Å². The van der Waals surface area contributed by atoms with Crippen molar-refractivity contribution in [2.24, 2.45) is 0 Å². The highest BCUT2D eigenvalue weighted by Crippen LogP contribution is 2.44. The Kier molecular flexibility index (Phi) is 21.3. The van der Waals surface area contributed by atoms with Gasteiger partial charge in [-0.3, -0.25) is 13.9 Å². The highest BCUT2D eigenvalue weighted by Gasteiger charge is 2.30. The molecule has 1 fully saturated rings. The van der Waals surface area contributed by atoms with Crippen molar-refractivity contribution in [3.05, 3.63) is 47.9 Å². The third kappa shape index (κ3) is 19.3. The van der Waals surface area contributed by atoms with Gasteiger partial charge in [0.15, 0.2) is 6.26 Å². The van der Waals surface area contributed by atoms with Gasteiger partial charge in [0.1, 0.15) is 11.8 Å². The van der Waals surface area contributed by atoms with Crippen molar-refractivity contribution < 1.29 is 32.5 Å². The first-order valence-corrected chi connectivity index (χ1v) is 19.2. The van der Waals surface area contributed by atoms with E-state index >= 15 is 0 Å². The maximum absolute atomic E-state index is 12.7. The molecule has 0 radical (unpaired) electrons. The van der Waals surface area contributed by atoms with Crippen LogP contribution in [0.4, 0.5) is 0 Å². The summed E-state index contributed by atoms with van der Waals surface area (Å²) in [6.45, 7) is 4.51. The van der Waals surface area contributed by atoms with Gasteiger partial charge in [-0.15, -0.1) is 0 Å². The summed E-state index contributed by atoms with van der Waals surface area (Å²) in [7, 11) is -0.0954. The average Bonchev–Trinajstić information content (AvgIpc) is 3.01. The highest BCUT2D eigenvalue weighted by molar-refractivity contribution is 7.47. The van der Waals surface area contributed by atoms with Crippen LogP contribution in [-0.4, -0.2) is 55.9 Å². The van der Waals surface area contributed by atoms with Gasteiger partial charge in [-0.05, 0) is 24.8 Å². The molecule has 0 bridgehead atoms. The second-order valence-corrected chi connectivity index (χ2v) is 14.5. The minimum absolute atomic E-state index is 0.0823. The molecule has 2 atom stereocenters. The first-order valence-electron chi connectivity index (χ1n) is 17.7. The molecule has 1 saturated heterocycles. The van der Waals surface area contributed by atoms with Crippen molar-refractivity contribution >= 4 is 7.82 Å². The Balaban J connectivity index is 1.58. The van der Waals surface area contributed by atoms with Crippen LogP contribution in [0.5, 0.6) is 0 Å². The molecule has 0 aromatic heterocycles. The highest BCUT2D eigenvalue weighted by atomic mass is 31.2. The molecule has 0 spiro atoms. The predicted octanol–water partition coefficient (Wildman–Crippen LogP) is 10.1. The summed E-state index contributed by atoms with van der Waals surface area (Å²) in [6, 6.07) is 9.88. The van der Waals surface area contributed by atoms with Gasteiger partial charge in [0, 0.05) is 13.0 Å². The first kappa shape index (κ1) is 39.0. The van der Waals surface area contributed by atoms with Crippen LogP contribution in [0.3, 0.4) is 0 Å². The smallest absolute Gasteiger partial charge is 0.406 e. The Morgan fingerprint density at radius 1 is 0.818 bits per heavy atom. The molecule has 2 rings (SSSR count). The Hall–Kier alpha value is -1.21. The Morgan fingerprint density at radius 3 is 1.95 bits per heavy atom. The Morgan fingerprint density at radius 2 is 1.39 bits per heavy atom. The van der Waals surface area contributed by atoms with Gasteiger partial charge in [0.2, 0.25) is 0 Å². The average molecular weight is 639 g/mol. The van der Waals surface area contributed by atoms with Crippen LogP contribution in [0.2, 0.25) is 0 Å². The molecule has 0 amide bonds. The number of allylic oxidation sites excluding steroid dienone is 1. The van der Waals surface area contributed by atoms with E-state index < -0.39 is 13.9 Å². The SMILES string of the molecule is CCCCCCCCCCCCCCCCCCOCC(COP(=O)(O)OC=C1CCCC[N+]1(C)C)OCc1ccccc1. The van der Waals surface area contributed by atoms with Gasteiger partial charge < -0.3 is 14.0 Å². The molecule has 0 aliphatic carbocycles. The molecule has 1 aliphatic rings. The number of likely N-dealkylation sites (tertiary alicyclic amines) is 1. The monoisotopic (exact) mass is 638 g/mol. The fourth-order valence-corrected chi connectivity index (χ4v) is 6.37. The topological polar surface area (TPSA) is 74.2 Å². The van der Waals surface area contributed by atoms with Crippen molar-refractivity contribution in [1.82, 2.24) is 0 Å². The second kappa shape index (κ2) is 24.0. The molecular weight excluding hydrogens is 573 g/mol. The minimum Gasteiger partial charge on any atom is -0.406 e. The molecule has 1 aromatic rings. The van der Waals surface area contributed by atoms with Gasteiger partial charge in [-0.2, -0.15) is 0 Å². The summed E-state index contributed by atoms with van der Waals surface area (Å²) in [5, 5.41) is 0. The van der Waals surface area contributed by atoms with E-state index in [1.165, 1.54) is 96.2 Å². The number of phosphoric acid groups is 1. The number of piperidine rings is 1. The van der Waals surface area contributed by atoms with Gasteiger partial charge in [-0.1, -0.05) is 134 Å². The number of nitrogens with zero attached hydrogens (tertiary/aromatic N) is 1. The third-order valence-electron chi connectivity index (χ3n) is 8.70. The predicted molar refractivity (Wildman–Crippen MR) is 181 cm³/mol. The molecule has 1 heterocycles. The molecule has 0 saturated carbocycles. The van der Waals surface area contributed by atoms with Crippen LogP contribution in [0.1, 0.15) is 134 Å². The number of hydrogen-bond donors (Lipinski definition) is 1. The number of benzene rings is 1. The standard InChI is InChI=1S/C36H64NO6P/c1-4-5-6-7-8-9-10-11-12-13-14-15-16-17-18-24-29-40-32-36(41-30-34-25-20-19-21-26-34)33-43-44(38,39)42-31-35-27-22-23-28-37(35,2)3/h19-21,25-26,31,36H,4-18,22-24,27-30,32-33H2,1-3H3/p+1. The lowest BCUT2D eigenvalue weighted by molar-refractivity contribution is -0.858. The zero-order valence-electron chi connectivity index (χ0n) is 28.4. The Bertz CT molecular complexity index is 909. The molecule has 44 heavy (non-hydrogen) atoms. The van der Waals surface area contributed by atoms with E-state index in [2.05, 4.69) is 21.0 Å². The number of phosphoric ester groups is 1. The second-order valence-electron chi connectivity index (χ2n) is 13.1. The number of rotatable bonds is 27. The molecule has 8 heteroatoms. The molecule has 254 valence electrons. The minimum atomic E-state index is -4.27. The van der Waals surface area contributed by atoms with Crippen LogP contribution < -0.4 is 0 Å². The van der Waals surface area contributed by atoms with Crippen molar-refractivity contribution in [3.63, 3.8) is 0 Å². The van der Waals surface area contributed by atoms with Crippen LogP contribution >= 0.6 is 7.82 Å². The Labute approximate surface area is 269 Å². The van der Waals surface area contributed by atoms with E-state index in [1.807, 2.05) is 30.3 Å². The molecule has 2 unspecified atom stereocenters. The van der Waals surface area contributed by atoms with E-state index in [4.69, 9.17) is 18.5 Å². The van der Waals surface area contributed by atoms with E-state index in [1.54, 1.807) is 0 Å². The van der Waals surface area contributed by atoms with Crippen molar-refractivity contribution in [2.75, 3.05) is 40.5 Å². The van der Waals surface area contributed by atoms with E-state index in [-0.39, 0.29) is 6.61 Å². The van der Waals surface area contributed by atoms with Crippen molar-refractivity contribution in [3.8, 4) is 0 Å². The van der Waals surface area contributed by atoms with Gasteiger partial charge in [0.05, 0.1) is 40.5 Å². The molecule has 1 aliphatic heterocycles.